The minimum absolute atomic E-state index is 0.231. The van der Waals surface area contributed by atoms with Gasteiger partial charge >= 0.3 is 11.9 Å². The van der Waals surface area contributed by atoms with E-state index in [4.69, 9.17) is 14.2 Å². The molecule has 0 bridgehead atoms. The summed E-state index contributed by atoms with van der Waals surface area (Å²) >= 11 is 0. The Bertz CT molecular complexity index is 691. The monoisotopic (exact) mass is 344 g/mol. The highest BCUT2D eigenvalue weighted by Gasteiger charge is 2.08. The van der Waals surface area contributed by atoms with Gasteiger partial charge in [-0.25, -0.2) is 4.79 Å². The molecule has 0 aromatic heterocycles. The van der Waals surface area contributed by atoms with Crippen LogP contribution in [0, 0.1) is 0 Å². The zero-order chi connectivity index (χ0) is 18.1. The minimum atomic E-state index is -0.437. The fraction of sp³-hybridized carbons (Fsp3) is 0.263. The summed E-state index contributed by atoms with van der Waals surface area (Å²) in [6.07, 6.45) is 0.764. The first-order chi connectivity index (χ1) is 12.1. The molecule has 0 aliphatic carbocycles. The third-order valence-corrected chi connectivity index (χ3v) is 3.36. The van der Waals surface area contributed by atoms with Gasteiger partial charge in [-0.2, -0.15) is 0 Å². The van der Waals surface area contributed by atoms with E-state index in [0.717, 1.165) is 5.75 Å². The Labute approximate surface area is 146 Å². The molecule has 0 saturated heterocycles. The largest absolute Gasteiger partial charge is 0.497 e. The second kappa shape index (κ2) is 9.32. The van der Waals surface area contributed by atoms with E-state index in [2.05, 4.69) is 4.74 Å². The number of carbonyl (C=O) groups is 2. The van der Waals surface area contributed by atoms with Gasteiger partial charge in [0, 0.05) is 6.42 Å². The van der Waals surface area contributed by atoms with E-state index in [1.54, 1.807) is 43.5 Å². The van der Waals surface area contributed by atoms with Gasteiger partial charge in [0.05, 0.1) is 26.4 Å². The molecule has 2 aromatic carbocycles. The van der Waals surface area contributed by atoms with Gasteiger partial charge < -0.3 is 18.9 Å². The Balaban J connectivity index is 1.70. The van der Waals surface area contributed by atoms with E-state index in [1.165, 1.54) is 7.11 Å². The van der Waals surface area contributed by atoms with Crippen molar-refractivity contribution in [2.24, 2.45) is 0 Å². The highest BCUT2D eigenvalue weighted by Crippen LogP contribution is 2.17. The molecule has 6 nitrogen and oxygen atoms in total. The normalized spacial score (nSPS) is 10.0. The molecule has 0 aliphatic heterocycles. The van der Waals surface area contributed by atoms with Crippen LogP contribution in [0.3, 0.4) is 0 Å². The molecule has 2 aromatic rings. The highest BCUT2D eigenvalue weighted by atomic mass is 16.5. The summed E-state index contributed by atoms with van der Waals surface area (Å²) in [5, 5.41) is 0. The molecule has 0 N–H and O–H groups in total. The first-order valence-corrected chi connectivity index (χ1v) is 7.78. The number of rotatable bonds is 8. The third-order valence-electron chi connectivity index (χ3n) is 3.36. The maximum Gasteiger partial charge on any atom is 0.337 e. The predicted octanol–water partition coefficient (Wildman–Crippen LogP) is 3.25. The quantitative estimate of drug-likeness (QED) is 0.416. The molecule has 0 amide bonds. The SMILES string of the molecule is COC(=O)c1ccc(OC(=O)CCCOc2ccc(OC)cc2)cc1. The summed E-state index contributed by atoms with van der Waals surface area (Å²) in [6.45, 7) is 0.405. The lowest BCUT2D eigenvalue weighted by Crippen LogP contribution is -2.10. The second-order valence-corrected chi connectivity index (χ2v) is 5.12. The fourth-order valence-electron chi connectivity index (χ4n) is 2.04. The Morgan fingerprint density at radius 1 is 0.840 bits per heavy atom. The van der Waals surface area contributed by atoms with Crippen molar-refractivity contribution in [2.45, 2.75) is 12.8 Å². The molecular weight excluding hydrogens is 324 g/mol. The van der Waals surface area contributed by atoms with Crippen LogP contribution in [-0.2, 0) is 9.53 Å². The van der Waals surface area contributed by atoms with Crippen molar-refractivity contribution < 1.29 is 28.5 Å². The average molecular weight is 344 g/mol. The molecule has 0 heterocycles. The fourth-order valence-corrected chi connectivity index (χ4v) is 2.04. The summed E-state index contributed by atoms with van der Waals surface area (Å²) in [7, 11) is 2.91. The van der Waals surface area contributed by atoms with Gasteiger partial charge in [-0.3, -0.25) is 4.79 Å². The van der Waals surface area contributed by atoms with Crippen LogP contribution in [0.5, 0.6) is 17.2 Å². The van der Waals surface area contributed by atoms with Crippen molar-refractivity contribution in [1.82, 2.24) is 0 Å². The Morgan fingerprint density at radius 2 is 1.44 bits per heavy atom. The molecule has 6 heteroatoms. The van der Waals surface area contributed by atoms with Gasteiger partial charge in [-0.05, 0) is 55.0 Å². The Kier molecular flexibility index (Phi) is 6.83. The standard InChI is InChI=1S/C19H20O6/c1-22-15-9-11-16(12-10-15)24-13-3-4-18(20)25-17-7-5-14(6-8-17)19(21)23-2/h5-12H,3-4,13H2,1-2H3. The molecule has 0 spiro atoms. The number of hydrogen-bond acceptors (Lipinski definition) is 6. The van der Waals surface area contributed by atoms with E-state index < -0.39 is 5.97 Å². The van der Waals surface area contributed by atoms with Crippen molar-refractivity contribution in [3.8, 4) is 17.2 Å². The van der Waals surface area contributed by atoms with Crippen LogP contribution >= 0.6 is 0 Å². The summed E-state index contributed by atoms with van der Waals surface area (Å²) in [4.78, 5) is 23.1. The molecule has 0 radical (unpaired) electrons. The molecule has 2 rings (SSSR count). The molecular formula is C19H20O6. The number of esters is 2. The summed E-state index contributed by atoms with van der Waals surface area (Å²) < 4.78 is 20.4. The number of methoxy groups -OCH3 is 2. The van der Waals surface area contributed by atoms with Crippen LogP contribution in [-0.4, -0.2) is 32.8 Å². The van der Waals surface area contributed by atoms with Crippen LogP contribution in [0.25, 0.3) is 0 Å². The summed E-state index contributed by atoms with van der Waals surface area (Å²) in [5.41, 5.74) is 0.398. The first-order valence-electron chi connectivity index (χ1n) is 7.78. The lowest BCUT2D eigenvalue weighted by atomic mass is 10.2. The molecule has 0 aliphatic rings. The third kappa shape index (κ3) is 5.84. The van der Waals surface area contributed by atoms with Crippen molar-refractivity contribution >= 4 is 11.9 Å². The van der Waals surface area contributed by atoms with Gasteiger partial charge in [-0.1, -0.05) is 0 Å². The molecule has 0 atom stereocenters. The predicted molar refractivity (Wildman–Crippen MR) is 91.1 cm³/mol. The van der Waals surface area contributed by atoms with E-state index in [1.807, 2.05) is 12.1 Å². The van der Waals surface area contributed by atoms with Crippen LogP contribution < -0.4 is 14.2 Å². The molecule has 0 fully saturated rings. The molecule has 25 heavy (non-hydrogen) atoms. The Hall–Kier alpha value is -3.02. The minimum Gasteiger partial charge on any atom is -0.497 e. The second-order valence-electron chi connectivity index (χ2n) is 5.12. The Morgan fingerprint density at radius 3 is 2.04 bits per heavy atom. The van der Waals surface area contributed by atoms with E-state index in [9.17, 15) is 9.59 Å². The van der Waals surface area contributed by atoms with Crippen molar-refractivity contribution in [3.05, 3.63) is 54.1 Å². The maximum absolute atomic E-state index is 11.8. The summed E-state index contributed by atoms with van der Waals surface area (Å²) in [6, 6.07) is 13.4. The lowest BCUT2D eigenvalue weighted by molar-refractivity contribution is -0.134. The summed E-state index contributed by atoms with van der Waals surface area (Å²) in [5.74, 6) is 1.06. The van der Waals surface area contributed by atoms with E-state index in [-0.39, 0.29) is 12.4 Å². The number of carbonyl (C=O) groups excluding carboxylic acids is 2. The van der Waals surface area contributed by atoms with Crippen LogP contribution in [0.2, 0.25) is 0 Å². The van der Waals surface area contributed by atoms with E-state index >= 15 is 0 Å². The van der Waals surface area contributed by atoms with Gasteiger partial charge in [0.25, 0.3) is 0 Å². The van der Waals surface area contributed by atoms with Gasteiger partial charge in [-0.15, -0.1) is 0 Å². The van der Waals surface area contributed by atoms with Crippen molar-refractivity contribution in [3.63, 3.8) is 0 Å². The van der Waals surface area contributed by atoms with E-state index in [0.29, 0.717) is 30.1 Å². The van der Waals surface area contributed by atoms with Crippen molar-refractivity contribution in [2.75, 3.05) is 20.8 Å². The lowest BCUT2D eigenvalue weighted by Gasteiger charge is -2.07. The molecule has 0 saturated carbocycles. The average Bonchev–Trinajstić information content (AvgIpc) is 2.65. The van der Waals surface area contributed by atoms with Gasteiger partial charge in [0.15, 0.2) is 0 Å². The van der Waals surface area contributed by atoms with Crippen LogP contribution in [0.4, 0.5) is 0 Å². The van der Waals surface area contributed by atoms with Crippen molar-refractivity contribution in [1.29, 1.82) is 0 Å². The maximum atomic E-state index is 11.8. The smallest absolute Gasteiger partial charge is 0.337 e. The van der Waals surface area contributed by atoms with Gasteiger partial charge in [0.1, 0.15) is 17.2 Å². The molecule has 132 valence electrons. The van der Waals surface area contributed by atoms with Gasteiger partial charge in [0.2, 0.25) is 0 Å². The highest BCUT2D eigenvalue weighted by molar-refractivity contribution is 5.89. The zero-order valence-corrected chi connectivity index (χ0v) is 14.2. The van der Waals surface area contributed by atoms with Crippen LogP contribution in [0.15, 0.2) is 48.5 Å². The first kappa shape index (κ1) is 18.3. The number of ether oxygens (including phenoxy) is 4. The van der Waals surface area contributed by atoms with Crippen LogP contribution in [0.1, 0.15) is 23.2 Å². The topological polar surface area (TPSA) is 71.1 Å². The number of hydrogen-bond donors (Lipinski definition) is 0. The zero-order valence-electron chi connectivity index (χ0n) is 14.2. The molecule has 0 unspecified atom stereocenters. The number of benzene rings is 2.